The molecular formula is C15H22FN5. The molecule has 5 nitrogen and oxygen atoms in total. The van der Waals surface area contributed by atoms with Crippen LogP contribution < -0.4 is 11.3 Å². The first-order valence-electron chi connectivity index (χ1n) is 7.11. The maximum Gasteiger partial charge on any atom is 0.123 e. The van der Waals surface area contributed by atoms with Gasteiger partial charge in [-0.15, -0.1) is 5.10 Å². The van der Waals surface area contributed by atoms with Gasteiger partial charge in [0.1, 0.15) is 5.82 Å². The lowest BCUT2D eigenvalue weighted by Gasteiger charge is -2.34. The first-order valence-corrected chi connectivity index (χ1v) is 7.11. The Kier molecular flexibility index (Phi) is 4.69. The summed E-state index contributed by atoms with van der Waals surface area (Å²) in [4.78, 5) is 0. The van der Waals surface area contributed by atoms with Gasteiger partial charge in [-0.05, 0) is 24.1 Å². The molecule has 0 saturated carbocycles. The average Bonchev–Trinajstić information content (AvgIpc) is 2.88. The molecule has 6 heteroatoms. The van der Waals surface area contributed by atoms with E-state index >= 15 is 0 Å². The number of benzene rings is 1. The highest BCUT2D eigenvalue weighted by atomic mass is 19.1. The molecule has 0 fully saturated rings. The van der Waals surface area contributed by atoms with Crippen molar-refractivity contribution in [3.8, 4) is 0 Å². The van der Waals surface area contributed by atoms with Gasteiger partial charge in [0.25, 0.3) is 0 Å². The van der Waals surface area contributed by atoms with Crippen molar-refractivity contribution in [3.05, 3.63) is 47.5 Å². The van der Waals surface area contributed by atoms with Crippen molar-refractivity contribution in [2.75, 3.05) is 0 Å². The Bertz CT molecular complexity index is 576. The van der Waals surface area contributed by atoms with Crippen LogP contribution in [0.4, 0.5) is 4.39 Å². The van der Waals surface area contributed by atoms with Gasteiger partial charge in [-0.2, -0.15) is 0 Å². The molecule has 1 unspecified atom stereocenters. The summed E-state index contributed by atoms with van der Waals surface area (Å²) < 4.78 is 15.0. The first-order chi connectivity index (χ1) is 10.0. The van der Waals surface area contributed by atoms with Gasteiger partial charge in [-0.3, -0.25) is 11.3 Å². The largest absolute Gasteiger partial charge is 0.271 e. The van der Waals surface area contributed by atoms with E-state index in [0.717, 1.165) is 24.2 Å². The molecule has 1 aromatic heterocycles. The Hall–Kier alpha value is -1.79. The van der Waals surface area contributed by atoms with Crippen LogP contribution in [-0.4, -0.2) is 15.0 Å². The number of hydrogen-bond acceptors (Lipinski definition) is 4. The van der Waals surface area contributed by atoms with Crippen LogP contribution in [0.25, 0.3) is 0 Å². The van der Waals surface area contributed by atoms with Gasteiger partial charge in [0.15, 0.2) is 0 Å². The topological polar surface area (TPSA) is 68.8 Å². The zero-order valence-electron chi connectivity index (χ0n) is 12.7. The van der Waals surface area contributed by atoms with Crippen LogP contribution in [0.3, 0.4) is 0 Å². The normalized spacial score (nSPS) is 13.4. The van der Waals surface area contributed by atoms with Crippen molar-refractivity contribution in [2.24, 2.45) is 5.84 Å². The van der Waals surface area contributed by atoms with E-state index in [0.29, 0.717) is 0 Å². The SMILES string of the molecule is CCCn1nncc1C(NN)C(C)(C)c1ccc(F)cc1. The minimum atomic E-state index is -0.338. The molecule has 0 aliphatic carbocycles. The van der Waals surface area contributed by atoms with Crippen LogP contribution in [-0.2, 0) is 12.0 Å². The summed E-state index contributed by atoms with van der Waals surface area (Å²) in [6, 6.07) is 6.32. The minimum Gasteiger partial charge on any atom is -0.271 e. The van der Waals surface area contributed by atoms with Crippen molar-refractivity contribution in [3.63, 3.8) is 0 Å². The molecule has 1 aromatic carbocycles. The van der Waals surface area contributed by atoms with Crippen molar-refractivity contribution in [1.82, 2.24) is 20.4 Å². The van der Waals surface area contributed by atoms with E-state index in [9.17, 15) is 4.39 Å². The number of rotatable bonds is 6. The highest BCUT2D eigenvalue weighted by Crippen LogP contribution is 2.36. The van der Waals surface area contributed by atoms with Gasteiger partial charge < -0.3 is 0 Å². The van der Waals surface area contributed by atoms with E-state index in [4.69, 9.17) is 5.84 Å². The summed E-state index contributed by atoms with van der Waals surface area (Å²) in [6.07, 6.45) is 2.69. The fraction of sp³-hybridized carbons (Fsp3) is 0.467. The molecule has 0 bridgehead atoms. The molecule has 1 heterocycles. The number of hydrogen-bond donors (Lipinski definition) is 2. The Labute approximate surface area is 124 Å². The van der Waals surface area contributed by atoms with Crippen LogP contribution in [0, 0.1) is 5.82 Å². The lowest BCUT2D eigenvalue weighted by molar-refractivity contribution is 0.329. The van der Waals surface area contributed by atoms with E-state index in [1.807, 2.05) is 4.68 Å². The Morgan fingerprint density at radius 2 is 2.00 bits per heavy atom. The summed E-state index contributed by atoms with van der Waals surface area (Å²) in [7, 11) is 0. The zero-order valence-corrected chi connectivity index (χ0v) is 12.7. The third-order valence-corrected chi connectivity index (χ3v) is 3.86. The van der Waals surface area contributed by atoms with Gasteiger partial charge in [-0.25, -0.2) is 9.07 Å². The third-order valence-electron chi connectivity index (χ3n) is 3.86. The van der Waals surface area contributed by atoms with Gasteiger partial charge in [-0.1, -0.05) is 38.1 Å². The number of nitrogens with zero attached hydrogens (tertiary/aromatic N) is 3. The fourth-order valence-corrected chi connectivity index (χ4v) is 2.58. The number of halogens is 1. The monoisotopic (exact) mass is 291 g/mol. The van der Waals surface area contributed by atoms with E-state index < -0.39 is 0 Å². The molecule has 2 aromatic rings. The molecule has 1 atom stereocenters. The van der Waals surface area contributed by atoms with Crippen LogP contribution in [0.2, 0.25) is 0 Å². The van der Waals surface area contributed by atoms with E-state index in [1.165, 1.54) is 12.1 Å². The van der Waals surface area contributed by atoms with E-state index in [1.54, 1.807) is 18.3 Å². The molecular weight excluding hydrogens is 269 g/mol. The van der Waals surface area contributed by atoms with E-state index in [2.05, 4.69) is 36.5 Å². The Morgan fingerprint density at radius 1 is 1.33 bits per heavy atom. The number of nitrogens with one attached hydrogen (secondary N) is 1. The highest BCUT2D eigenvalue weighted by molar-refractivity contribution is 5.29. The quantitative estimate of drug-likeness (QED) is 0.633. The molecule has 0 aliphatic rings. The Balaban J connectivity index is 2.39. The molecule has 0 amide bonds. The van der Waals surface area contributed by atoms with Crippen LogP contribution in [0.1, 0.15) is 44.5 Å². The molecule has 114 valence electrons. The van der Waals surface area contributed by atoms with Crippen LogP contribution in [0.15, 0.2) is 30.5 Å². The maximum absolute atomic E-state index is 13.1. The molecule has 21 heavy (non-hydrogen) atoms. The number of aromatic nitrogens is 3. The summed E-state index contributed by atoms with van der Waals surface area (Å²) in [6.45, 7) is 7.00. The number of aryl methyl sites for hydroxylation is 1. The van der Waals surface area contributed by atoms with Gasteiger partial charge >= 0.3 is 0 Å². The smallest absolute Gasteiger partial charge is 0.123 e. The molecule has 3 N–H and O–H groups in total. The second kappa shape index (κ2) is 6.32. The fourth-order valence-electron chi connectivity index (χ4n) is 2.58. The van der Waals surface area contributed by atoms with Crippen molar-refractivity contribution >= 4 is 0 Å². The number of nitrogens with two attached hydrogens (primary N) is 1. The van der Waals surface area contributed by atoms with Gasteiger partial charge in [0.05, 0.1) is 17.9 Å². The summed E-state index contributed by atoms with van der Waals surface area (Å²) in [5, 5.41) is 8.10. The highest BCUT2D eigenvalue weighted by Gasteiger charge is 2.34. The lowest BCUT2D eigenvalue weighted by atomic mass is 9.76. The van der Waals surface area contributed by atoms with Gasteiger partial charge in [0, 0.05) is 12.0 Å². The molecule has 0 radical (unpaired) electrons. The first kappa shape index (κ1) is 15.6. The van der Waals surface area contributed by atoms with Crippen molar-refractivity contribution in [2.45, 2.75) is 45.2 Å². The second-order valence-electron chi connectivity index (χ2n) is 5.71. The van der Waals surface area contributed by atoms with Crippen LogP contribution in [0.5, 0.6) is 0 Å². The predicted molar refractivity (Wildman–Crippen MR) is 79.8 cm³/mol. The number of hydrazine groups is 1. The molecule has 0 spiro atoms. The average molecular weight is 291 g/mol. The standard InChI is InChI=1S/C15H22FN5/c1-4-9-21-13(10-18-20-21)14(19-17)15(2,3)11-5-7-12(16)8-6-11/h5-8,10,14,19H,4,9,17H2,1-3H3. The third kappa shape index (κ3) is 3.11. The van der Waals surface area contributed by atoms with Crippen molar-refractivity contribution < 1.29 is 4.39 Å². The summed E-state index contributed by atoms with van der Waals surface area (Å²) >= 11 is 0. The Morgan fingerprint density at radius 3 is 2.57 bits per heavy atom. The summed E-state index contributed by atoms with van der Waals surface area (Å²) in [5.41, 5.74) is 4.45. The second-order valence-corrected chi connectivity index (χ2v) is 5.71. The summed E-state index contributed by atoms with van der Waals surface area (Å²) in [5.74, 6) is 5.54. The minimum absolute atomic E-state index is 0.176. The van der Waals surface area contributed by atoms with Crippen molar-refractivity contribution in [1.29, 1.82) is 0 Å². The van der Waals surface area contributed by atoms with E-state index in [-0.39, 0.29) is 17.3 Å². The predicted octanol–water partition coefficient (Wildman–Crippen LogP) is 2.31. The zero-order chi connectivity index (χ0) is 15.5. The molecule has 0 aliphatic heterocycles. The lowest BCUT2D eigenvalue weighted by Crippen LogP contribution is -2.42. The maximum atomic E-state index is 13.1. The van der Waals surface area contributed by atoms with Crippen LogP contribution >= 0.6 is 0 Å². The molecule has 2 rings (SSSR count). The van der Waals surface area contributed by atoms with Gasteiger partial charge in [0.2, 0.25) is 0 Å². The molecule has 0 saturated heterocycles.